The van der Waals surface area contributed by atoms with Gasteiger partial charge in [0.05, 0.1) is 24.1 Å². The van der Waals surface area contributed by atoms with Crippen LogP contribution in [0, 0.1) is 5.92 Å². The molecule has 0 saturated heterocycles. The van der Waals surface area contributed by atoms with Gasteiger partial charge in [0, 0.05) is 12.1 Å². The number of nitrogens with zero attached hydrogens (tertiary/aromatic N) is 2. The number of nitrogens with one attached hydrogen (secondary N) is 2. The van der Waals surface area contributed by atoms with E-state index in [1.54, 1.807) is 12.4 Å². The van der Waals surface area contributed by atoms with Crippen LogP contribution in [0.15, 0.2) is 42.7 Å². The van der Waals surface area contributed by atoms with E-state index in [1.165, 1.54) is 0 Å². The summed E-state index contributed by atoms with van der Waals surface area (Å²) in [5, 5.41) is 6.05. The van der Waals surface area contributed by atoms with Crippen molar-refractivity contribution in [3.05, 3.63) is 48.4 Å². The number of pyridine rings is 2. The Balaban J connectivity index is 1.54. The van der Waals surface area contributed by atoms with E-state index < -0.39 is 0 Å². The van der Waals surface area contributed by atoms with Gasteiger partial charge in [0.25, 0.3) is 0 Å². The Morgan fingerprint density at radius 1 is 1.20 bits per heavy atom. The van der Waals surface area contributed by atoms with Gasteiger partial charge < -0.3 is 10.6 Å². The Bertz CT molecular complexity index is 579. The van der Waals surface area contributed by atoms with Crippen LogP contribution in [0.2, 0.25) is 0 Å². The second-order valence-corrected chi connectivity index (χ2v) is 4.87. The molecule has 2 N–H and O–H groups in total. The predicted octanol–water partition coefficient (Wildman–Crippen LogP) is 2.44. The van der Waals surface area contributed by atoms with Gasteiger partial charge in [-0.15, -0.1) is 0 Å². The number of amides is 1. The fourth-order valence-electron chi connectivity index (χ4n) is 1.85. The number of rotatable bonds is 5. The molecule has 102 valence electrons. The fraction of sp³-hybridized carbons (Fsp3) is 0.267. The topological polar surface area (TPSA) is 66.9 Å². The fourth-order valence-corrected chi connectivity index (χ4v) is 1.85. The summed E-state index contributed by atoms with van der Waals surface area (Å²) in [6.07, 6.45) is 5.44. The zero-order chi connectivity index (χ0) is 13.8. The highest BCUT2D eigenvalue weighted by atomic mass is 16.2. The maximum Gasteiger partial charge on any atom is 0.227 e. The van der Waals surface area contributed by atoms with Gasteiger partial charge in [-0.2, -0.15) is 0 Å². The molecule has 5 heteroatoms. The summed E-state index contributed by atoms with van der Waals surface area (Å²) in [7, 11) is 0. The molecule has 0 unspecified atom stereocenters. The Morgan fingerprint density at radius 3 is 2.75 bits per heavy atom. The third-order valence-electron chi connectivity index (χ3n) is 3.16. The largest absolute Gasteiger partial charge is 0.364 e. The number of carbonyl (C=O) groups excluding carboxylic acids is 1. The number of carbonyl (C=O) groups is 1. The average Bonchev–Trinajstić information content (AvgIpc) is 3.32. The molecule has 20 heavy (non-hydrogen) atoms. The maximum atomic E-state index is 11.6. The van der Waals surface area contributed by atoms with Crippen molar-refractivity contribution in [2.45, 2.75) is 19.4 Å². The van der Waals surface area contributed by atoms with Crippen LogP contribution in [-0.2, 0) is 11.3 Å². The third kappa shape index (κ3) is 3.32. The quantitative estimate of drug-likeness (QED) is 0.874. The lowest BCUT2D eigenvalue weighted by molar-refractivity contribution is -0.117. The lowest BCUT2D eigenvalue weighted by Gasteiger charge is -2.07. The highest BCUT2D eigenvalue weighted by molar-refractivity contribution is 5.93. The van der Waals surface area contributed by atoms with Crippen molar-refractivity contribution >= 4 is 17.4 Å². The Morgan fingerprint density at radius 2 is 2.10 bits per heavy atom. The monoisotopic (exact) mass is 268 g/mol. The minimum absolute atomic E-state index is 0.0981. The van der Waals surface area contributed by atoms with Crippen molar-refractivity contribution in [2.24, 2.45) is 5.92 Å². The Labute approximate surface area is 117 Å². The molecule has 5 nitrogen and oxygen atoms in total. The molecule has 0 atom stereocenters. The molecule has 2 aromatic heterocycles. The minimum Gasteiger partial charge on any atom is -0.364 e. The lowest BCUT2D eigenvalue weighted by Crippen LogP contribution is -2.13. The molecule has 2 aromatic rings. The summed E-state index contributed by atoms with van der Waals surface area (Å²) in [6, 6.07) is 9.50. The van der Waals surface area contributed by atoms with Crippen LogP contribution in [0.5, 0.6) is 0 Å². The Kier molecular flexibility index (Phi) is 3.58. The zero-order valence-corrected chi connectivity index (χ0v) is 11.0. The van der Waals surface area contributed by atoms with E-state index in [-0.39, 0.29) is 11.8 Å². The molecule has 0 radical (unpaired) electrons. The molecule has 1 amide bonds. The van der Waals surface area contributed by atoms with Crippen molar-refractivity contribution in [3.63, 3.8) is 0 Å². The van der Waals surface area contributed by atoms with Crippen LogP contribution in [0.4, 0.5) is 11.5 Å². The maximum absolute atomic E-state index is 11.6. The third-order valence-corrected chi connectivity index (χ3v) is 3.16. The van der Waals surface area contributed by atoms with Crippen molar-refractivity contribution in [3.8, 4) is 0 Å². The van der Waals surface area contributed by atoms with Crippen LogP contribution >= 0.6 is 0 Å². The highest BCUT2D eigenvalue weighted by Crippen LogP contribution is 2.30. The number of aromatic nitrogens is 2. The van der Waals surface area contributed by atoms with E-state index in [0.717, 1.165) is 30.0 Å². The van der Waals surface area contributed by atoms with Crippen LogP contribution in [0.25, 0.3) is 0 Å². The molecule has 0 aromatic carbocycles. The van der Waals surface area contributed by atoms with E-state index in [2.05, 4.69) is 20.6 Å². The van der Waals surface area contributed by atoms with Gasteiger partial charge in [0.2, 0.25) is 5.91 Å². The normalized spacial score (nSPS) is 13.8. The molecule has 2 heterocycles. The first-order valence-corrected chi connectivity index (χ1v) is 6.72. The molecule has 0 spiro atoms. The van der Waals surface area contributed by atoms with Crippen molar-refractivity contribution in [1.82, 2.24) is 9.97 Å². The smallest absolute Gasteiger partial charge is 0.227 e. The molecular weight excluding hydrogens is 252 g/mol. The van der Waals surface area contributed by atoms with Gasteiger partial charge in [0.15, 0.2) is 0 Å². The second-order valence-electron chi connectivity index (χ2n) is 4.87. The van der Waals surface area contributed by atoms with Gasteiger partial charge >= 0.3 is 0 Å². The zero-order valence-electron chi connectivity index (χ0n) is 11.0. The summed E-state index contributed by atoms with van der Waals surface area (Å²) in [5.74, 6) is 1.07. The van der Waals surface area contributed by atoms with E-state index >= 15 is 0 Å². The Hall–Kier alpha value is -2.43. The summed E-state index contributed by atoms with van der Waals surface area (Å²) >= 11 is 0. The van der Waals surface area contributed by atoms with Crippen molar-refractivity contribution in [1.29, 1.82) is 0 Å². The molecule has 0 bridgehead atoms. The summed E-state index contributed by atoms with van der Waals surface area (Å²) in [4.78, 5) is 20.1. The minimum atomic E-state index is 0.0981. The molecule has 1 aliphatic carbocycles. The molecule has 3 rings (SSSR count). The molecule has 1 saturated carbocycles. The molecular formula is C15H16N4O. The molecule has 1 fully saturated rings. The molecule has 1 aliphatic rings. The first kappa shape index (κ1) is 12.6. The standard InChI is InChI=1S/C15H16N4O/c20-15(11-4-5-11)19-13-6-7-14(18-10-13)17-9-12-3-1-2-8-16-12/h1-3,6-8,10-11H,4-5,9H2,(H,17,18)(H,19,20). The van der Waals surface area contributed by atoms with Crippen molar-refractivity contribution in [2.75, 3.05) is 10.6 Å². The molecule has 0 aliphatic heterocycles. The SMILES string of the molecule is O=C(Nc1ccc(NCc2ccccn2)nc1)C1CC1. The van der Waals surface area contributed by atoms with Crippen LogP contribution in [0.3, 0.4) is 0 Å². The average molecular weight is 268 g/mol. The first-order chi connectivity index (χ1) is 9.81. The van der Waals surface area contributed by atoms with Crippen molar-refractivity contribution < 1.29 is 4.79 Å². The number of hydrogen-bond donors (Lipinski definition) is 2. The first-order valence-electron chi connectivity index (χ1n) is 6.72. The van der Waals surface area contributed by atoms with Gasteiger partial charge in [0.1, 0.15) is 5.82 Å². The second kappa shape index (κ2) is 5.69. The van der Waals surface area contributed by atoms with E-state index in [9.17, 15) is 4.79 Å². The van der Waals surface area contributed by atoms with Crippen LogP contribution < -0.4 is 10.6 Å². The van der Waals surface area contributed by atoms with Crippen LogP contribution in [-0.4, -0.2) is 15.9 Å². The van der Waals surface area contributed by atoms with Crippen LogP contribution in [0.1, 0.15) is 18.5 Å². The summed E-state index contributed by atoms with van der Waals surface area (Å²) < 4.78 is 0. The van der Waals surface area contributed by atoms with Gasteiger partial charge in [-0.25, -0.2) is 4.98 Å². The van der Waals surface area contributed by atoms with Gasteiger partial charge in [-0.05, 0) is 37.1 Å². The van der Waals surface area contributed by atoms with Gasteiger partial charge in [-0.3, -0.25) is 9.78 Å². The van der Waals surface area contributed by atoms with E-state index in [4.69, 9.17) is 0 Å². The highest BCUT2D eigenvalue weighted by Gasteiger charge is 2.29. The lowest BCUT2D eigenvalue weighted by atomic mass is 10.3. The van der Waals surface area contributed by atoms with E-state index in [0.29, 0.717) is 6.54 Å². The predicted molar refractivity (Wildman–Crippen MR) is 77.2 cm³/mol. The van der Waals surface area contributed by atoms with E-state index in [1.807, 2.05) is 30.3 Å². The van der Waals surface area contributed by atoms with Gasteiger partial charge in [-0.1, -0.05) is 6.07 Å². The number of hydrogen-bond acceptors (Lipinski definition) is 4. The number of anilines is 2. The summed E-state index contributed by atoms with van der Waals surface area (Å²) in [6.45, 7) is 0.627. The summed E-state index contributed by atoms with van der Waals surface area (Å²) in [5.41, 5.74) is 1.70.